The first kappa shape index (κ1) is 11.7. The minimum absolute atomic E-state index is 0.710. The summed E-state index contributed by atoms with van der Waals surface area (Å²) in [4.78, 5) is 0. The van der Waals surface area contributed by atoms with Crippen molar-refractivity contribution in [3.05, 3.63) is 12.2 Å². The average Bonchev–Trinajstić information content (AvgIpc) is 2.03. The molecule has 72 valence electrons. The number of hydrogen-bond acceptors (Lipinski definition) is 0. The van der Waals surface area contributed by atoms with Crippen molar-refractivity contribution in [1.82, 2.24) is 0 Å². The van der Waals surface area contributed by atoms with Gasteiger partial charge < -0.3 is 0 Å². The Morgan fingerprint density at radius 3 is 2.25 bits per heavy atom. The van der Waals surface area contributed by atoms with Crippen LogP contribution in [0.25, 0.3) is 0 Å². The van der Waals surface area contributed by atoms with Crippen LogP contribution in [0.5, 0.6) is 0 Å². The molecule has 0 aliphatic rings. The molecule has 0 heterocycles. The molecule has 0 spiro atoms. The molecule has 0 radical (unpaired) electrons. The molecular weight excluding hydrogens is 144 g/mol. The fourth-order valence-corrected chi connectivity index (χ4v) is 1.60. The van der Waals surface area contributed by atoms with Gasteiger partial charge in [0.15, 0.2) is 0 Å². The third-order valence-corrected chi connectivity index (χ3v) is 2.80. The van der Waals surface area contributed by atoms with E-state index in [4.69, 9.17) is 0 Å². The van der Waals surface area contributed by atoms with Gasteiger partial charge in [0.05, 0.1) is 0 Å². The molecule has 0 N–H and O–H groups in total. The predicted molar refractivity (Wildman–Crippen MR) is 57.3 cm³/mol. The summed E-state index contributed by atoms with van der Waals surface area (Å²) in [6, 6.07) is 0. The van der Waals surface area contributed by atoms with Gasteiger partial charge in [-0.2, -0.15) is 0 Å². The maximum atomic E-state index is 4.00. The Bertz CT molecular complexity index is 124. The molecule has 0 saturated heterocycles. The van der Waals surface area contributed by atoms with Gasteiger partial charge in [-0.15, -0.1) is 0 Å². The lowest BCUT2D eigenvalue weighted by Gasteiger charge is -2.19. The van der Waals surface area contributed by atoms with E-state index < -0.39 is 0 Å². The van der Waals surface area contributed by atoms with E-state index in [1.807, 2.05) is 0 Å². The summed E-state index contributed by atoms with van der Waals surface area (Å²) < 4.78 is 0. The van der Waals surface area contributed by atoms with Gasteiger partial charge in [-0.05, 0) is 25.2 Å². The molecule has 12 heavy (non-hydrogen) atoms. The standard InChI is InChI=1S/C12H24/c1-6-8-12(7-2)9-11(5)10(3)4/h11-12H,3,6-9H2,1-2,4-5H3. The van der Waals surface area contributed by atoms with Crippen molar-refractivity contribution in [2.75, 3.05) is 0 Å². The molecule has 0 aromatic rings. The van der Waals surface area contributed by atoms with Crippen LogP contribution in [0.3, 0.4) is 0 Å². The van der Waals surface area contributed by atoms with Crippen molar-refractivity contribution in [2.45, 2.75) is 53.4 Å². The van der Waals surface area contributed by atoms with Crippen molar-refractivity contribution in [1.29, 1.82) is 0 Å². The summed E-state index contributed by atoms with van der Waals surface area (Å²) in [5.74, 6) is 1.63. The minimum Gasteiger partial charge on any atom is -0.0999 e. The summed E-state index contributed by atoms with van der Waals surface area (Å²) in [6.45, 7) is 13.0. The van der Waals surface area contributed by atoms with Crippen molar-refractivity contribution in [3.63, 3.8) is 0 Å². The van der Waals surface area contributed by atoms with E-state index >= 15 is 0 Å². The second-order valence-corrected chi connectivity index (χ2v) is 4.05. The molecule has 0 aromatic carbocycles. The largest absolute Gasteiger partial charge is 0.0999 e. The molecule has 0 aliphatic carbocycles. The molecule has 0 amide bonds. The zero-order chi connectivity index (χ0) is 9.56. The SMILES string of the molecule is C=C(C)C(C)CC(CC)CCC. The molecular formula is C12H24. The molecule has 2 atom stereocenters. The van der Waals surface area contributed by atoms with Crippen LogP contribution in [-0.4, -0.2) is 0 Å². The minimum atomic E-state index is 0.710. The Morgan fingerprint density at radius 2 is 1.92 bits per heavy atom. The van der Waals surface area contributed by atoms with Crippen molar-refractivity contribution in [2.24, 2.45) is 11.8 Å². The highest BCUT2D eigenvalue weighted by Crippen LogP contribution is 2.23. The van der Waals surface area contributed by atoms with Gasteiger partial charge in [0.2, 0.25) is 0 Å². The monoisotopic (exact) mass is 168 g/mol. The molecule has 0 nitrogen and oxygen atoms in total. The van der Waals surface area contributed by atoms with E-state index in [2.05, 4.69) is 34.3 Å². The molecule has 0 heteroatoms. The Kier molecular flexibility index (Phi) is 6.14. The molecule has 0 saturated carbocycles. The highest BCUT2D eigenvalue weighted by molar-refractivity contribution is 4.94. The average molecular weight is 168 g/mol. The second-order valence-electron chi connectivity index (χ2n) is 4.05. The summed E-state index contributed by atoms with van der Waals surface area (Å²) in [6.07, 6.45) is 5.36. The lowest BCUT2D eigenvalue weighted by Crippen LogP contribution is -2.06. The van der Waals surface area contributed by atoms with Crippen LogP contribution >= 0.6 is 0 Å². The van der Waals surface area contributed by atoms with Crippen LogP contribution < -0.4 is 0 Å². The smallest absolute Gasteiger partial charge is 0.0234 e. The summed E-state index contributed by atoms with van der Waals surface area (Å²) in [7, 11) is 0. The molecule has 2 unspecified atom stereocenters. The first-order chi connectivity index (χ1) is 5.61. The zero-order valence-electron chi connectivity index (χ0n) is 9.19. The van der Waals surface area contributed by atoms with Crippen LogP contribution in [0.1, 0.15) is 53.4 Å². The van der Waals surface area contributed by atoms with Crippen molar-refractivity contribution >= 4 is 0 Å². The normalized spacial score (nSPS) is 15.7. The fourth-order valence-electron chi connectivity index (χ4n) is 1.60. The summed E-state index contributed by atoms with van der Waals surface area (Å²) in [5, 5.41) is 0. The third-order valence-electron chi connectivity index (χ3n) is 2.80. The predicted octanol–water partition coefficient (Wildman–Crippen LogP) is 4.42. The van der Waals surface area contributed by atoms with E-state index in [0.717, 1.165) is 5.92 Å². The molecule has 0 aliphatic heterocycles. The first-order valence-electron chi connectivity index (χ1n) is 5.27. The summed E-state index contributed by atoms with van der Waals surface area (Å²) in [5.41, 5.74) is 1.34. The highest BCUT2D eigenvalue weighted by Gasteiger charge is 2.10. The number of rotatable bonds is 6. The van der Waals surface area contributed by atoms with Crippen LogP contribution in [0.2, 0.25) is 0 Å². The highest BCUT2D eigenvalue weighted by atomic mass is 14.2. The van der Waals surface area contributed by atoms with Gasteiger partial charge in [0.1, 0.15) is 0 Å². The lowest BCUT2D eigenvalue weighted by molar-refractivity contribution is 0.383. The van der Waals surface area contributed by atoms with E-state index in [0.29, 0.717) is 5.92 Å². The fraction of sp³-hybridized carbons (Fsp3) is 0.833. The lowest BCUT2D eigenvalue weighted by atomic mass is 9.87. The molecule has 0 aromatic heterocycles. The van der Waals surface area contributed by atoms with E-state index in [1.54, 1.807) is 0 Å². The van der Waals surface area contributed by atoms with Gasteiger partial charge in [0.25, 0.3) is 0 Å². The van der Waals surface area contributed by atoms with Gasteiger partial charge in [-0.1, -0.05) is 52.2 Å². The third kappa shape index (κ3) is 4.58. The molecule has 0 bridgehead atoms. The maximum absolute atomic E-state index is 4.00. The Morgan fingerprint density at radius 1 is 1.33 bits per heavy atom. The van der Waals surface area contributed by atoms with Crippen molar-refractivity contribution in [3.8, 4) is 0 Å². The summed E-state index contributed by atoms with van der Waals surface area (Å²) >= 11 is 0. The number of hydrogen-bond donors (Lipinski definition) is 0. The van der Waals surface area contributed by atoms with Crippen LogP contribution in [0.4, 0.5) is 0 Å². The Balaban J connectivity index is 3.76. The van der Waals surface area contributed by atoms with Gasteiger partial charge in [0, 0.05) is 0 Å². The number of allylic oxidation sites excluding steroid dienone is 1. The second kappa shape index (κ2) is 6.28. The first-order valence-corrected chi connectivity index (χ1v) is 5.27. The topological polar surface area (TPSA) is 0 Å². The van der Waals surface area contributed by atoms with Crippen molar-refractivity contribution < 1.29 is 0 Å². The van der Waals surface area contributed by atoms with Crippen LogP contribution in [0.15, 0.2) is 12.2 Å². The van der Waals surface area contributed by atoms with Crippen LogP contribution in [0, 0.1) is 11.8 Å². The van der Waals surface area contributed by atoms with E-state index in [1.165, 1.54) is 31.3 Å². The van der Waals surface area contributed by atoms with E-state index in [9.17, 15) is 0 Å². The quantitative estimate of drug-likeness (QED) is 0.515. The maximum Gasteiger partial charge on any atom is -0.0234 e. The van der Waals surface area contributed by atoms with Crippen LogP contribution in [-0.2, 0) is 0 Å². The Hall–Kier alpha value is -0.260. The zero-order valence-corrected chi connectivity index (χ0v) is 9.19. The Labute approximate surface area is 78.1 Å². The van der Waals surface area contributed by atoms with E-state index in [-0.39, 0.29) is 0 Å². The molecule has 0 rings (SSSR count). The van der Waals surface area contributed by atoms with Gasteiger partial charge in [-0.25, -0.2) is 0 Å². The molecule has 0 fully saturated rings. The van der Waals surface area contributed by atoms with Gasteiger partial charge in [-0.3, -0.25) is 0 Å². The van der Waals surface area contributed by atoms with Gasteiger partial charge >= 0.3 is 0 Å².